The van der Waals surface area contributed by atoms with Gasteiger partial charge in [0.25, 0.3) is 0 Å². The van der Waals surface area contributed by atoms with Gasteiger partial charge in [0.15, 0.2) is 11.5 Å². The van der Waals surface area contributed by atoms with E-state index in [2.05, 4.69) is 34.2 Å². The highest BCUT2D eigenvalue weighted by molar-refractivity contribution is 5.90. The quantitative estimate of drug-likeness (QED) is 0.108. The molecule has 1 aromatic carbocycles. The molecule has 0 fully saturated rings. The van der Waals surface area contributed by atoms with Crippen LogP contribution in [0.25, 0.3) is 0 Å². The predicted molar refractivity (Wildman–Crippen MR) is 152 cm³/mol. The van der Waals surface area contributed by atoms with Crippen LogP contribution in [0.4, 0.5) is 0 Å². The average molecular weight is 599 g/mol. The zero-order chi connectivity index (χ0) is 31.0. The SMILES string of the molecule is CNC(=O)CCOCCOCCOCCOCCOCc1cn(CCC(C)C)nn1.COC(=O)c1ccc(O)c(O)c1. The number of aryl methyl sites for hydroxylation is 1. The standard InChI is InChI=1S/C20H38N4O6.C8H8O4/c1-18(2)4-6-24-16-19(22-23-24)17-30-15-14-29-13-12-28-11-10-27-9-8-26-7-5-20(25)21-3;1-12-8(11)5-2-3-6(9)7(10)4-5/h16,18H,4-15,17H2,1-3H3,(H,21,25);2-4,9-10H,1H3. The first kappa shape index (κ1) is 36.7. The molecule has 0 aliphatic rings. The first-order chi connectivity index (χ1) is 20.3. The van der Waals surface area contributed by atoms with Crippen LogP contribution in [0.2, 0.25) is 0 Å². The van der Waals surface area contributed by atoms with E-state index in [1.165, 1.54) is 19.2 Å². The molecule has 238 valence electrons. The Bertz CT molecular complexity index is 1000. The summed E-state index contributed by atoms with van der Waals surface area (Å²) >= 11 is 0. The molecule has 14 heteroatoms. The lowest BCUT2D eigenvalue weighted by molar-refractivity contribution is -0.121. The molecule has 0 saturated heterocycles. The highest BCUT2D eigenvalue weighted by Gasteiger charge is 2.07. The number of phenols is 2. The normalized spacial score (nSPS) is 10.8. The van der Waals surface area contributed by atoms with Crippen LogP contribution >= 0.6 is 0 Å². The fourth-order valence-electron chi connectivity index (χ4n) is 3.02. The molecular formula is C28H46N4O10. The number of nitrogens with zero attached hydrogens (tertiary/aromatic N) is 3. The van der Waals surface area contributed by atoms with Crippen molar-refractivity contribution in [2.75, 3.05) is 73.6 Å². The van der Waals surface area contributed by atoms with Gasteiger partial charge in [0.05, 0.1) is 84.9 Å². The molecule has 0 spiro atoms. The molecular weight excluding hydrogens is 552 g/mol. The highest BCUT2D eigenvalue weighted by atomic mass is 16.6. The van der Waals surface area contributed by atoms with Gasteiger partial charge in [-0.1, -0.05) is 19.1 Å². The Morgan fingerprint density at radius 3 is 1.98 bits per heavy atom. The maximum atomic E-state index is 11.0. The number of hydrogen-bond acceptors (Lipinski definition) is 12. The number of benzene rings is 1. The van der Waals surface area contributed by atoms with Gasteiger partial charge in [-0.25, -0.2) is 4.79 Å². The number of phenolic OH excluding ortho intramolecular Hbond substituents is 2. The van der Waals surface area contributed by atoms with Gasteiger partial charge in [-0.15, -0.1) is 5.10 Å². The fraction of sp³-hybridized carbons (Fsp3) is 0.643. The number of amides is 1. The average Bonchev–Trinajstić information content (AvgIpc) is 3.44. The van der Waals surface area contributed by atoms with Crippen molar-refractivity contribution in [1.82, 2.24) is 20.3 Å². The Kier molecular flexibility index (Phi) is 20.4. The van der Waals surface area contributed by atoms with Crippen molar-refractivity contribution in [2.45, 2.75) is 39.8 Å². The molecule has 42 heavy (non-hydrogen) atoms. The molecule has 1 aromatic heterocycles. The zero-order valence-corrected chi connectivity index (χ0v) is 25.1. The van der Waals surface area contributed by atoms with Crippen molar-refractivity contribution in [3.8, 4) is 11.5 Å². The second-order valence-corrected chi connectivity index (χ2v) is 9.28. The minimum Gasteiger partial charge on any atom is -0.504 e. The van der Waals surface area contributed by atoms with E-state index in [9.17, 15) is 9.59 Å². The fourth-order valence-corrected chi connectivity index (χ4v) is 3.02. The predicted octanol–water partition coefficient (Wildman–Crippen LogP) is 1.93. The third kappa shape index (κ3) is 18.2. The summed E-state index contributed by atoms with van der Waals surface area (Å²) in [5.74, 6) is -0.528. The first-order valence-electron chi connectivity index (χ1n) is 13.8. The molecule has 0 unspecified atom stereocenters. The number of hydrogen-bond donors (Lipinski definition) is 3. The van der Waals surface area contributed by atoms with Crippen LogP contribution in [0.1, 0.15) is 42.7 Å². The van der Waals surface area contributed by atoms with Crippen LogP contribution in [0.15, 0.2) is 24.4 Å². The Balaban J connectivity index is 0.000000609. The summed E-state index contributed by atoms with van der Waals surface area (Å²) in [6, 6.07) is 3.73. The molecule has 0 aliphatic heterocycles. The van der Waals surface area contributed by atoms with E-state index in [-0.39, 0.29) is 23.0 Å². The van der Waals surface area contributed by atoms with Gasteiger partial charge in [0.1, 0.15) is 5.69 Å². The van der Waals surface area contributed by atoms with Crippen LogP contribution in [0.5, 0.6) is 11.5 Å². The van der Waals surface area contributed by atoms with Crippen LogP contribution in [-0.2, 0) is 46.4 Å². The monoisotopic (exact) mass is 598 g/mol. The van der Waals surface area contributed by atoms with Gasteiger partial charge in [-0.3, -0.25) is 9.48 Å². The number of carbonyl (C=O) groups is 2. The molecule has 1 heterocycles. The molecule has 0 atom stereocenters. The lowest BCUT2D eigenvalue weighted by Gasteiger charge is -2.07. The Hall–Kier alpha value is -3.30. The summed E-state index contributed by atoms with van der Waals surface area (Å²) in [6.07, 6.45) is 3.38. The van der Waals surface area contributed by atoms with E-state index in [0.717, 1.165) is 24.7 Å². The second kappa shape index (κ2) is 23.3. The number of esters is 1. The third-order valence-corrected chi connectivity index (χ3v) is 5.41. The van der Waals surface area contributed by atoms with Crippen LogP contribution in [0, 0.1) is 5.92 Å². The maximum Gasteiger partial charge on any atom is 0.337 e. The minimum atomic E-state index is -0.551. The molecule has 0 saturated carbocycles. The van der Waals surface area contributed by atoms with Crippen molar-refractivity contribution < 1.29 is 48.2 Å². The maximum absolute atomic E-state index is 11.0. The number of aromatic hydroxyl groups is 2. The molecule has 2 aromatic rings. The zero-order valence-electron chi connectivity index (χ0n) is 25.1. The summed E-state index contributed by atoms with van der Waals surface area (Å²) in [5.41, 5.74) is 1.03. The van der Waals surface area contributed by atoms with E-state index in [0.29, 0.717) is 78.4 Å². The van der Waals surface area contributed by atoms with Gasteiger partial charge < -0.3 is 44.0 Å². The summed E-state index contributed by atoms with van der Waals surface area (Å²) in [6.45, 7) is 10.1. The molecule has 0 radical (unpaired) electrons. The minimum absolute atomic E-state index is 0.0281. The molecule has 3 N–H and O–H groups in total. The number of rotatable bonds is 21. The third-order valence-electron chi connectivity index (χ3n) is 5.41. The summed E-state index contributed by atoms with van der Waals surface area (Å²) < 4.78 is 33.3. The summed E-state index contributed by atoms with van der Waals surface area (Å²) in [4.78, 5) is 21.8. The van der Waals surface area contributed by atoms with Crippen molar-refractivity contribution in [3.05, 3.63) is 35.7 Å². The van der Waals surface area contributed by atoms with Gasteiger partial charge in [0.2, 0.25) is 5.91 Å². The van der Waals surface area contributed by atoms with Crippen molar-refractivity contribution >= 4 is 11.9 Å². The topological polar surface area (TPSA) is 173 Å². The molecule has 0 bridgehead atoms. The van der Waals surface area contributed by atoms with E-state index in [1.54, 1.807) is 7.05 Å². The first-order valence-corrected chi connectivity index (χ1v) is 13.8. The Morgan fingerprint density at radius 1 is 0.881 bits per heavy atom. The lowest BCUT2D eigenvalue weighted by atomic mass is 10.1. The summed E-state index contributed by atoms with van der Waals surface area (Å²) in [7, 11) is 2.85. The smallest absolute Gasteiger partial charge is 0.337 e. The van der Waals surface area contributed by atoms with Crippen LogP contribution in [0.3, 0.4) is 0 Å². The van der Waals surface area contributed by atoms with Crippen LogP contribution in [-0.4, -0.2) is 111 Å². The van der Waals surface area contributed by atoms with E-state index in [1.807, 2.05) is 10.9 Å². The number of carbonyl (C=O) groups excluding carboxylic acids is 2. The van der Waals surface area contributed by atoms with Crippen molar-refractivity contribution in [2.24, 2.45) is 5.92 Å². The van der Waals surface area contributed by atoms with Crippen molar-refractivity contribution in [1.29, 1.82) is 0 Å². The molecule has 14 nitrogen and oxygen atoms in total. The van der Waals surface area contributed by atoms with E-state index >= 15 is 0 Å². The Morgan fingerprint density at radius 2 is 1.45 bits per heavy atom. The molecule has 1 amide bonds. The Labute approximate surface area is 247 Å². The number of nitrogens with one attached hydrogen (secondary N) is 1. The molecule has 0 aliphatic carbocycles. The second-order valence-electron chi connectivity index (χ2n) is 9.28. The van der Waals surface area contributed by atoms with Crippen molar-refractivity contribution in [3.63, 3.8) is 0 Å². The lowest BCUT2D eigenvalue weighted by Crippen LogP contribution is -2.20. The highest BCUT2D eigenvalue weighted by Crippen LogP contribution is 2.24. The summed E-state index contributed by atoms with van der Waals surface area (Å²) in [5, 5.41) is 28.6. The number of methoxy groups -OCH3 is 1. The van der Waals surface area contributed by atoms with Gasteiger partial charge in [0, 0.05) is 20.0 Å². The van der Waals surface area contributed by atoms with Gasteiger partial charge >= 0.3 is 5.97 Å². The number of aromatic nitrogens is 3. The van der Waals surface area contributed by atoms with Crippen LogP contribution < -0.4 is 5.32 Å². The molecule has 2 rings (SSSR count). The van der Waals surface area contributed by atoms with E-state index in [4.69, 9.17) is 33.9 Å². The largest absolute Gasteiger partial charge is 0.504 e. The van der Waals surface area contributed by atoms with Gasteiger partial charge in [-0.2, -0.15) is 0 Å². The number of ether oxygens (including phenoxy) is 6. The van der Waals surface area contributed by atoms with Gasteiger partial charge in [-0.05, 0) is 30.5 Å². The van der Waals surface area contributed by atoms with E-state index < -0.39 is 5.97 Å².